The van der Waals surface area contributed by atoms with Crippen molar-refractivity contribution in [3.63, 3.8) is 0 Å². The van der Waals surface area contributed by atoms with Crippen molar-refractivity contribution in [2.24, 2.45) is 11.8 Å². The largest absolute Gasteiger partial charge is 0.512 e. The lowest BCUT2D eigenvalue weighted by Crippen LogP contribution is -2.76. The predicted molar refractivity (Wildman–Crippen MR) is 157 cm³/mol. The minimum Gasteiger partial charge on any atom is -0.512 e. The number of piperazine rings is 1. The molecule has 2 fully saturated rings. The maximum Gasteiger partial charge on any atom is 0.334 e. The minimum atomic E-state index is -0.761. The fourth-order valence-corrected chi connectivity index (χ4v) is 6.07. The highest BCUT2D eigenvalue weighted by Gasteiger charge is 2.50. The highest BCUT2D eigenvalue weighted by molar-refractivity contribution is 5.91. The second-order valence-corrected chi connectivity index (χ2v) is 11.9. The van der Waals surface area contributed by atoms with Crippen molar-refractivity contribution in [3.8, 4) is 0 Å². The third-order valence-corrected chi connectivity index (χ3v) is 8.51. The van der Waals surface area contributed by atoms with E-state index in [-0.39, 0.29) is 55.1 Å². The van der Waals surface area contributed by atoms with Crippen LogP contribution in [0.3, 0.4) is 0 Å². The van der Waals surface area contributed by atoms with Gasteiger partial charge in [0.15, 0.2) is 0 Å². The van der Waals surface area contributed by atoms with Gasteiger partial charge in [0.25, 0.3) is 0 Å². The Morgan fingerprint density at radius 2 is 1.79 bits per heavy atom. The molecule has 2 unspecified atom stereocenters. The van der Waals surface area contributed by atoms with E-state index in [2.05, 4.69) is 12.2 Å². The molecule has 4 amide bonds. The topological polar surface area (TPSA) is 106 Å². The first kappa shape index (κ1) is 31.7. The molecule has 4 atom stereocenters. The third kappa shape index (κ3) is 7.42. The van der Waals surface area contributed by atoms with Crippen molar-refractivity contribution in [3.05, 3.63) is 47.0 Å². The number of aliphatic hydroxyl groups is 1. The first-order valence-electron chi connectivity index (χ1n) is 15.2. The normalized spacial score (nSPS) is 26.8. The quantitative estimate of drug-likeness (QED) is 0.354. The molecule has 0 aromatic heterocycles. The summed E-state index contributed by atoms with van der Waals surface area (Å²) in [6.07, 6.45) is 10.1. The van der Waals surface area contributed by atoms with Crippen LogP contribution in [-0.2, 0) is 14.3 Å². The summed E-state index contributed by atoms with van der Waals surface area (Å²) >= 11 is 0. The molecule has 0 aromatic carbocycles. The van der Waals surface area contributed by atoms with Gasteiger partial charge in [0.05, 0.1) is 18.8 Å². The molecule has 2 saturated heterocycles. The van der Waals surface area contributed by atoms with Gasteiger partial charge in [0.2, 0.25) is 11.8 Å². The van der Waals surface area contributed by atoms with Gasteiger partial charge in [0.1, 0.15) is 18.0 Å². The summed E-state index contributed by atoms with van der Waals surface area (Å²) in [4.78, 5) is 44.3. The van der Waals surface area contributed by atoms with Gasteiger partial charge in [0, 0.05) is 45.2 Å². The van der Waals surface area contributed by atoms with Gasteiger partial charge in [-0.2, -0.15) is 0 Å². The number of rotatable bonds is 11. The second-order valence-electron chi connectivity index (χ2n) is 11.9. The molecule has 0 saturated carbocycles. The van der Waals surface area contributed by atoms with Gasteiger partial charge >= 0.3 is 6.03 Å². The van der Waals surface area contributed by atoms with Crippen LogP contribution < -0.4 is 5.32 Å². The van der Waals surface area contributed by atoms with Gasteiger partial charge in [-0.15, -0.1) is 0 Å². The van der Waals surface area contributed by atoms with E-state index in [0.717, 1.165) is 24.0 Å². The lowest BCUT2D eigenvalue weighted by Gasteiger charge is -2.54. The summed E-state index contributed by atoms with van der Waals surface area (Å²) < 4.78 is 19.5. The molecule has 11 heteroatoms. The molecule has 4 rings (SSSR count). The number of allylic oxidation sites excluding steroid dienone is 6. The zero-order valence-corrected chi connectivity index (χ0v) is 25.4. The Morgan fingerprint density at radius 3 is 2.50 bits per heavy atom. The first-order chi connectivity index (χ1) is 20.1. The second kappa shape index (κ2) is 14.3. The minimum absolute atomic E-state index is 0.0389. The molecule has 0 radical (unpaired) electrons. The fraction of sp³-hybridized carbons (Fsp3) is 0.645. The lowest BCUT2D eigenvalue weighted by atomic mass is 9.88. The summed E-state index contributed by atoms with van der Waals surface area (Å²) in [5.41, 5.74) is 1.89. The van der Waals surface area contributed by atoms with Crippen LogP contribution in [0.1, 0.15) is 59.3 Å². The number of hydrogen-bond donors (Lipinski definition) is 2. The summed E-state index contributed by atoms with van der Waals surface area (Å²) in [6.45, 7) is 7.93. The van der Waals surface area contributed by atoms with E-state index in [4.69, 9.17) is 4.74 Å². The molecule has 232 valence electrons. The zero-order chi connectivity index (χ0) is 30.4. The molecule has 2 heterocycles. The number of aliphatic hydroxyl groups excluding tert-OH is 1. The standard InChI is InChI=1S/C31H46FN5O5/c1-5-6-13-42-14-7-12-35-19-28-36(26(30(35)40)17-23-9-11-27(38)22(3)16-23)29(39)20-34(4)37(28)31(41)33-18-24-8-10-25(32)21(2)15-24/h8-11,21-22,26,28,38H,5-7,12-20H2,1-4H3,(H,33,41)/t21?,22?,26-,28-/m0/s1. The average molecular weight is 588 g/mol. The van der Waals surface area contributed by atoms with E-state index < -0.39 is 12.2 Å². The lowest BCUT2D eigenvalue weighted by molar-refractivity contribution is -0.187. The van der Waals surface area contributed by atoms with Crippen LogP contribution in [0.25, 0.3) is 0 Å². The molecule has 0 bridgehead atoms. The Bertz CT molecular complexity index is 1150. The van der Waals surface area contributed by atoms with E-state index >= 15 is 0 Å². The highest BCUT2D eigenvalue weighted by atomic mass is 19.1. The van der Waals surface area contributed by atoms with Crippen LogP contribution in [0.5, 0.6) is 0 Å². The monoisotopic (exact) mass is 587 g/mol. The third-order valence-electron chi connectivity index (χ3n) is 8.51. The van der Waals surface area contributed by atoms with E-state index in [1.165, 1.54) is 6.08 Å². The molecule has 2 N–H and O–H groups in total. The number of unbranched alkanes of at least 4 members (excludes halogenated alkanes) is 1. The van der Waals surface area contributed by atoms with Gasteiger partial charge < -0.3 is 25.0 Å². The van der Waals surface area contributed by atoms with Crippen molar-refractivity contribution >= 4 is 17.8 Å². The van der Waals surface area contributed by atoms with Crippen molar-refractivity contribution in [1.29, 1.82) is 0 Å². The summed E-state index contributed by atoms with van der Waals surface area (Å²) in [5.74, 6) is -0.514. The number of hydrogen-bond acceptors (Lipinski definition) is 6. The molecule has 10 nitrogen and oxygen atoms in total. The van der Waals surface area contributed by atoms with E-state index in [9.17, 15) is 23.9 Å². The van der Waals surface area contributed by atoms with Crippen LogP contribution in [0.15, 0.2) is 47.0 Å². The number of nitrogens with one attached hydrogen (secondary N) is 1. The molecule has 2 aliphatic carbocycles. The molecule has 0 spiro atoms. The number of likely N-dealkylation sites (N-methyl/N-ethyl adjacent to an activating group) is 1. The molecule has 0 aromatic rings. The van der Waals surface area contributed by atoms with E-state index in [1.807, 2.05) is 19.9 Å². The van der Waals surface area contributed by atoms with Crippen molar-refractivity contribution in [2.45, 2.75) is 71.5 Å². The number of carbonyl (C=O) groups is 3. The highest BCUT2D eigenvalue weighted by Crippen LogP contribution is 2.33. The van der Waals surface area contributed by atoms with Crippen LogP contribution in [0, 0.1) is 11.8 Å². The molecular weight excluding hydrogens is 541 g/mol. The number of fused-ring (bicyclic) bond motifs is 1. The molecular formula is C31H46FN5O5. The van der Waals surface area contributed by atoms with Crippen molar-refractivity contribution < 1.29 is 28.6 Å². The molecule has 42 heavy (non-hydrogen) atoms. The van der Waals surface area contributed by atoms with Gasteiger partial charge in [-0.3, -0.25) is 9.59 Å². The van der Waals surface area contributed by atoms with Crippen LogP contribution in [0.2, 0.25) is 0 Å². The number of amides is 4. The van der Waals surface area contributed by atoms with Crippen molar-refractivity contribution in [1.82, 2.24) is 25.1 Å². The Kier molecular flexibility index (Phi) is 10.8. The molecule has 2 aliphatic heterocycles. The Morgan fingerprint density at radius 1 is 1.07 bits per heavy atom. The van der Waals surface area contributed by atoms with Crippen LogP contribution in [0.4, 0.5) is 9.18 Å². The van der Waals surface area contributed by atoms with Crippen molar-refractivity contribution in [2.75, 3.05) is 46.4 Å². The fourth-order valence-electron chi connectivity index (χ4n) is 6.07. The smallest absolute Gasteiger partial charge is 0.334 e. The maximum atomic E-state index is 13.9. The predicted octanol–water partition coefficient (Wildman–Crippen LogP) is 4.05. The molecule has 4 aliphatic rings. The average Bonchev–Trinajstić information content (AvgIpc) is 2.95. The maximum absolute atomic E-state index is 13.9. The first-order valence-corrected chi connectivity index (χ1v) is 15.2. The SMILES string of the molecule is CCCCOCCCN1C[C@H]2N(C(=O)CN(C)N2C(=O)NCC2=CC=C(F)C(C)C2)[C@@H](CC2=CC=C(O)C(C)C2)C1=O. The van der Waals surface area contributed by atoms with Gasteiger partial charge in [-0.25, -0.2) is 19.2 Å². The zero-order valence-electron chi connectivity index (χ0n) is 25.4. The Balaban J connectivity index is 1.54. The number of nitrogens with zero attached hydrogens (tertiary/aromatic N) is 4. The Labute approximate surface area is 248 Å². The van der Waals surface area contributed by atoms with Gasteiger partial charge in [-0.05, 0) is 44.3 Å². The Hall–Kier alpha value is -3.18. The number of hydrazine groups is 1. The number of halogens is 1. The summed E-state index contributed by atoms with van der Waals surface area (Å²) in [6, 6.07) is -1.14. The van der Waals surface area contributed by atoms with E-state index in [0.29, 0.717) is 51.2 Å². The summed E-state index contributed by atoms with van der Waals surface area (Å²) in [7, 11) is 1.70. The number of carbonyl (C=O) groups excluding carboxylic acids is 3. The number of urea groups is 1. The van der Waals surface area contributed by atoms with Crippen LogP contribution in [-0.4, -0.2) is 101 Å². The van der Waals surface area contributed by atoms with E-state index in [1.54, 1.807) is 39.0 Å². The van der Waals surface area contributed by atoms with Gasteiger partial charge in [-0.1, -0.05) is 50.5 Å². The summed E-state index contributed by atoms with van der Waals surface area (Å²) in [5, 5.41) is 16.2. The number of ether oxygens (including phenoxy) is 1. The van der Waals surface area contributed by atoms with Crippen LogP contribution >= 0.6 is 0 Å².